The molecule has 0 saturated carbocycles. The molecular weight excluding hydrogens is 486 g/mol. The van der Waals surface area contributed by atoms with Gasteiger partial charge in [-0.2, -0.15) is 0 Å². The fourth-order valence-corrected chi connectivity index (χ4v) is 5.12. The van der Waals surface area contributed by atoms with E-state index in [2.05, 4.69) is 5.32 Å². The predicted molar refractivity (Wildman–Crippen MR) is 133 cm³/mol. The number of nitro benzene ring substituents is 1. The van der Waals surface area contributed by atoms with E-state index in [1.165, 1.54) is 43.2 Å². The molecule has 1 aliphatic rings. The summed E-state index contributed by atoms with van der Waals surface area (Å²) in [5, 5.41) is 12.4. The summed E-state index contributed by atoms with van der Waals surface area (Å²) in [6, 6.07) is 14.0. The highest BCUT2D eigenvalue weighted by Gasteiger charge is 2.42. The van der Waals surface area contributed by atoms with Gasteiger partial charge in [-0.3, -0.25) is 24.5 Å². The molecule has 0 aliphatic carbocycles. The lowest BCUT2D eigenvalue weighted by Crippen LogP contribution is -2.48. The maximum absolute atomic E-state index is 13.2. The number of likely N-dealkylation sites (tertiary alicyclic amines) is 1. The molecule has 2 aromatic rings. The van der Waals surface area contributed by atoms with E-state index in [9.17, 15) is 29.3 Å². The lowest BCUT2D eigenvalue weighted by Gasteiger charge is -2.29. The normalized spacial score (nSPS) is 17.8. The van der Waals surface area contributed by atoms with Crippen molar-refractivity contribution in [1.29, 1.82) is 0 Å². The van der Waals surface area contributed by atoms with Gasteiger partial charge in [0.1, 0.15) is 6.04 Å². The van der Waals surface area contributed by atoms with E-state index in [-0.39, 0.29) is 29.8 Å². The number of nitro groups is 1. The van der Waals surface area contributed by atoms with Gasteiger partial charge in [0.25, 0.3) is 5.69 Å². The summed E-state index contributed by atoms with van der Waals surface area (Å²) >= 11 is 0.820. The van der Waals surface area contributed by atoms with Crippen LogP contribution in [0.4, 0.5) is 5.69 Å². The van der Waals surface area contributed by atoms with Gasteiger partial charge < -0.3 is 15.0 Å². The highest BCUT2D eigenvalue weighted by molar-refractivity contribution is 8.14. The first kappa shape index (κ1) is 26.9. The van der Waals surface area contributed by atoms with Crippen molar-refractivity contribution in [3.63, 3.8) is 0 Å². The van der Waals surface area contributed by atoms with E-state index in [1.54, 1.807) is 0 Å². The lowest BCUT2D eigenvalue weighted by atomic mass is 10.0. The largest absolute Gasteiger partial charge is 0.467 e. The number of hydrogen-bond acceptors (Lipinski definition) is 8. The standard InChI is InChI=1S/C25H27N3O7S/c1-16(29)36-22(14-17-8-10-19(11-9-17)28(33)34)24(31)26-15-23(30)27-20(18-6-4-3-5-7-18)12-13-21(27)25(32)35-2/h3-11,20-22H,12-15H2,1-2H3,(H,26,31)/t20-,21+,22+/m1/s1. The Morgan fingerprint density at radius 2 is 1.78 bits per heavy atom. The van der Waals surface area contributed by atoms with Crippen LogP contribution in [0.15, 0.2) is 54.6 Å². The summed E-state index contributed by atoms with van der Waals surface area (Å²) < 4.78 is 4.89. The molecule has 0 radical (unpaired) electrons. The van der Waals surface area contributed by atoms with E-state index in [4.69, 9.17) is 4.74 Å². The highest BCUT2D eigenvalue weighted by Crippen LogP contribution is 2.36. The van der Waals surface area contributed by atoms with Crippen LogP contribution in [-0.2, 0) is 30.3 Å². The molecule has 1 fully saturated rings. The Morgan fingerprint density at radius 1 is 1.11 bits per heavy atom. The SMILES string of the molecule is COC(=O)[C@@H]1CC[C@H](c2ccccc2)N1C(=O)CNC(=O)[C@H](Cc1ccc([N+](=O)[O-])cc1)SC(C)=O. The van der Waals surface area contributed by atoms with Crippen molar-refractivity contribution >= 4 is 40.3 Å². The Bertz CT molecular complexity index is 1120. The van der Waals surface area contributed by atoms with Gasteiger partial charge in [-0.15, -0.1) is 0 Å². The van der Waals surface area contributed by atoms with Crippen molar-refractivity contribution in [1.82, 2.24) is 10.2 Å². The van der Waals surface area contributed by atoms with Gasteiger partial charge >= 0.3 is 5.97 Å². The third-order valence-corrected chi connectivity index (χ3v) is 6.91. The van der Waals surface area contributed by atoms with Crippen molar-refractivity contribution in [2.45, 2.75) is 43.5 Å². The van der Waals surface area contributed by atoms with Crippen LogP contribution in [0, 0.1) is 10.1 Å². The number of methoxy groups -OCH3 is 1. The number of nitrogens with one attached hydrogen (secondary N) is 1. The average Bonchev–Trinajstić information content (AvgIpc) is 3.32. The molecule has 2 amide bonds. The molecule has 36 heavy (non-hydrogen) atoms. The number of carbonyl (C=O) groups is 4. The number of nitrogens with zero attached hydrogens (tertiary/aromatic N) is 2. The third kappa shape index (κ3) is 6.69. The molecule has 3 rings (SSSR count). The summed E-state index contributed by atoms with van der Waals surface area (Å²) in [5.41, 5.74) is 1.44. The zero-order chi connectivity index (χ0) is 26.2. The van der Waals surface area contributed by atoms with E-state index in [0.717, 1.165) is 17.3 Å². The molecular formula is C25H27N3O7S. The number of benzene rings is 2. The smallest absolute Gasteiger partial charge is 0.328 e. The minimum Gasteiger partial charge on any atom is -0.467 e. The zero-order valence-electron chi connectivity index (χ0n) is 19.9. The first-order valence-electron chi connectivity index (χ1n) is 11.3. The maximum atomic E-state index is 13.2. The molecule has 190 valence electrons. The quantitative estimate of drug-likeness (QED) is 0.307. The van der Waals surface area contributed by atoms with E-state index < -0.39 is 34.0 Å². The minimum atomic E-state index is -0.836. The summed E-state index contributed by atoms with van der Waals surface area (Å²) in [6.07, 6.45) is 1.16. The van der Waals surface area contributed by atoms with Crippen molar-refractivity contribution in [3.8, 4) is 0 Å². The van der Waals surface area contributed by atoms with Crippen molar-refractivity contribution in [2.24, 2.45) is 0 Å². The summed E-state index contributed by atoms with van der Waals surface area (Å²) in [4.78, 5) is 62.1. The number of amides is 2. The van der Waals surface area contributed by atoms with Crippen LogP contribution in [0.1, 0.15) is 36.9 Å². The summed E-state index contributed by atoms with van der Waals surface area (Å²) in [7, 11) is 1.27. The van der Waals surface area contributed by atoms with Crippen LogP contribution < -0.4 is 5.32 Å². The molecule has 1 N–H and O–H groups in total. The fourth-order valence-electron chi connectivity index (χ4n) is 4.25. The van der Waals surface area contributed by atoms with Crippen LogP contribution in [-0.4, -0.2) is 57.7 Å². The van der Waals surface area contributed by atoms with Gasteiger partial charge in [-0.1, -0.05) is 54.2 Å². The van der Waals surface area contributed by atoms with Crippen LogP contribution in [0.25, 0.3) is 0 Å². The topological polar surface area (TPSA) is 136 Å². The number of carbonyl (C=O) groups excluding carboxylic acids is 4. The molecule has 0 bridgehead atoms. The van der Waals surface area contributed by atoms with E-state index in [1.807, 2.05) is 30.3 Å². The van der Waals surface area contributed by atoms with Gasteiger partial charge in [0.15, 0.2) is 5.12 Å². The molecule has 3 atom stereocenters. The van der Waals surface area contributed by atoms with Gasteiger partial charge in [0, 0.05) is 19.1 Å². The van der Waals surface area contributed by atoms with Gasteiger partial charge in [0.05, 0.1) is 29.9 Å². The summed E-state index contributed by atoms with van der Waals surface area (Å²) in [6.45, 7) is 0.979. The summed E-state index contributed by atoms with van der Waals surface area (Å²) in [5.74, 6) is -1.48. The third-order valence-electron chi connectivity index (χ3n) is 5.91. The Hall–Kier alpha value is -3.73. The molecule has 1 heterocycles. The molecule has 0 unspecified atom stereocenters. The Labute approximate surface area is 212 Å². The van der Waals surface area contributed by atoms with Crippen LogP contribution in [0.2, 0.25) is 0 Å². The maximum Gasteiger partial charge on any atom is 0.328 e. The Morgan fingerprint density at radius 3 is 2.36 bits per heavy atom. The number of hydrogen-bond donors (Lipinski definition) is 1. The first-order chi connectivity index (χ1) is 17.2. The molecule has 10 nitrogen and oxygen atoms in total. The Balaban J connectivity index is 1.71. The number of esters is 1. The Kier molecular flexibility index (Phi) is 9.18. The number of thioether (sulfide) groups is 1. The van der Waals surface area contributed by atoms with E-state index in [0.29, 0.717) is 18.4 Å². The molecule has 1 saturated heterocycles. The molecule has 0 spiro atoms. The molecule has 2 aromatic carbocycles. The first-order valence-corrected chi connectivity index (χ1v) is 12.2. The van der Waals surface area contributed by atoms with Crippen LogP contribution in [0.5, 0.6) is 0 Å². The second-order valence-electron chi connectivity index (χ2n) is 8.29. The molecule has 11 heteroatoms. The predicted octanol–water partition coefficient (Wildman–Crippen LogP) is 2.81. The van der Waals surface area contributed by atoms with Gasteiger partial charge in [-0.05, 0) is 30.4 Å². The highest BCUT2D eigenvalue weighted by atomic mass is 32.2. The van der Waals surface area contributed by atoms with Crippen molar-refractivity contribution in [2.75, 3.05) is 13.7 Å². The van der Waals surface area contributed by atoms with Crippen molar-refractivity contribution in [3.05, 3.63) is 75.8 Å². The monoisotopic (exact) mass is 513 g/mol. The van der Waals surface area contributed by atoms with Gasteiger partial charge in [0.2, 0.25) is 11.8 Å². The second kappa shape index (κ2) is 12.3. The minimum absolute atomic E-state index is 0.0803. The number of non-ortho nitro benzene ring substituents is 1. The average molecular weight is 514 g/mol. The second-order valence-corrected chi connectivity index (χ2v) is 9.67. The fraction of sp³-hybridized carbons (Fsp3) is 0.360. The van der Waals surface area contributed by atoms with Crippen LogP contribution in [0.3, 0.4) is 0 Å². The number of ether oxygens (including phenoxy) is 1. The lowest BCUT2D eigenvalue weighted by molar-refractivity contribution is -0.384. The van der Waals surface area contributed by atoms with E-state index >= 15 is 0 Å². The van der Waals surface area contributed by atoms with Crippen molar-refractivity contribution < 1.29 is 28.8 Å². The molecule has 1 aliphatic heterocycles. The van der Waals surface area contributed by atoms with Crippen LogP contribution >= 0.6 is 11.8 Å². The zero-order valence-corrected chi connectivity index (χ0v) is 20.7. The van der Waals surface area contributed by atoms with Gasteiger partial charge in [-0.25, -0.2) is 4.79 Å². The molecule has 0 aromatic heterocycles. The number of rotatable bonds is 9.